The molecule has 1 aliphatic heterocycles. The second-order valence-electron chi connectivity index (χ2n) is 7.36. The van der Waals surface area contributed by atoms with Gasteiger partial charge in [0.1, 0.15) is 0 Å². The first-order valence-corrected chi connectivity index (χ1v) is 10.2. The van der Waals surface area contributed by atoms with Gasteiger partial charge < -0.3 is 19.1 Å². The monoisotopic (exact) mass is 423 g/mol. The van der Waals surface area contributed by atoms with Crippen molar-refractivity contribution in [3.05, 3.63) is 52.3 Å². The highest BCUT2D eigenvalue weighted by Crippen LogP contribution is 2.31. The van der Waals surface area contributed by atoms with Gasteiger partial charge in [-0.2, -0.15) is 0 Å². The molecule has 1 aliphatic rings. The minimum Gasteiger partial charge on any atom is -0.493 e. The van der Waals surface area contributed by atoms with E-state index in [0.717, 1.165) is 32.4 Å². The van der Waals surface area contributed by atoms with Crippen LogP contribution in [0.4, 0.5) is 5.95 Å². The Labute approximate surface area is 180 Å². The third-order valence-electron chi connectivity index (χ3n) is 5.54. The smallest absolute Gasteiger partial charge is 0.337 e. The van der Waals surface area contributed by atoms with E-state index in [-0.39, 0.29) is 5.56 Å². The number of benzene rings is 2. The molecule has 0 aliphatic carbocycles. The molecule has 0 saturated carbocycles. The minimum absolute atomic E-state index is 0.214. The van der Waals surface area contributed by atoms with Crippen molar-refractivity contribution in [2.75, 3.05) is 39.3 Å². The van der Waals surface area contributed by atoms with Gasteiger partial charge in [0.15, 0.2) is 11.5 Å². The third-order valence-corrected chi connectivity index (χ3v) is 5.54. The molecule has 0 bridgehead atoms. The molecular formula is C23H25N3O5. The highest BCUT2D eigenvalue weighted by atomic mass is 16.5. The minimum atomic E-state index is -0.465. The van der Waals surface area contributed by atoms with Gasteiger partial charge in [-0.3, -0.25) is 4.79 Å². The van der Waals surface area contributed by atoms with Crippen molar-refractivity contribution in [2.45, 2.75) is 19.3 Å². The third kappa shape index (κ3) is 3.81. The van der Waals surface area contributed by atoms with E-state index in [4.69, 9.17) is 19.2 Å². The average Bonchev–Trinajstić information content (AvgIpc) is 2.83. The number of piperidine rings is 1. The first-order chi connectivity index (χ1) is 15.1. The van der Waals surface area contributed by atoms with Gasteiger partial charge in [-0.05, 0) is 49.6 Å². The zero-order valence-corrected chi connectivity index (χ0v) is 17.9. The van der Waals surface area contributed by atoms with Crippen LogP contribution in [0.2, 0.25) is 0 Å². The van der Waals surface area contributed by atoms with Crippen molar-refractivity contribution in [3.8, 4) is 17.2 Å². The molecule has 0 amide bonds. The molecule has 4 rings (SSSR count). The number of rotatable bonds is 5. The largest absolute Gasteiger partial charge is 0.493 e. The fraction of sp³-hybridized carbons (Fsp3) is 0.348. The maximum absolute atomic E-state index is 13.6. The summed E-state index contributed by atoms with van der Waals surface area (Å²) in [5.41, 5.74) is 1.24. The average molecular weight is 423 g/mol. The summed E-state index contributed by atoms with van der Waals surface area (Å²) in [5.74, 6) is 1.19. The quantitative estimate of drug-likeness (QED) is 0.583. The van der Waals surface area contributed by atoms with Crippen LogP contribution in [0.25, 0.3) is 16.6 Å². The maximum Gasteiger partial charge on any atom is 0.337 e. The standard InChI is InChI=1S/C23H25N3O5/c1-29-19-10-8-16(14-20(19)30-2)26-21(27)17-9-7-15(22(28)31-3)13-18(17)24-23(26)25-11-5-4-6-12-25/h7-10,13-14H,4-6,11-12H2,1-3H3. The second kappa shape index (κ2) is 8.67. The molecule has 0 unspecified atom stereocenters. The summed E-state index contributed by atoms with van der Waals surface area (Å²) in [7, 11) is 4.45. The molecule has 8 nitrogen and oxygen atoms in total. The van der Waals surface area contributed by atoms with Crippen LogP contribution in [-0.2, 0) is 4.74 Å². The number of ether oxygens (including phenoxy) is 3. The molecule has 2 heterocycles. The van der Waals surface area contributed by atoms with Crippen molar-refractivity contribution >= 4 is 22.8 Å². The Bertz CT molecular complexity index is 1180. The highest BCUT2D eigenvalue weighted by molar-refractivity contribution is 5.94. The predicted molar refractivity (Wildman–Crippen MR) is 118 cm³/mol. The number of methoxy groups -OCH3 is 3. The molecule has 31 heavy (non-hydrogen) atoms. The number of carbonyl (C=O) groups is 1. The van der Waals surface area contributed by atoms with Gasteiger partial charge >= 0.3 is 5.97 Å². The maximum atomic E-state index is 13.6. The normalized spacial score (nSPS) is 13.8. The topological polar surface area (TPSA) is 82.9 Å². The molecule has 0 radical (unpaired) electrons. The van der Waals surface area contributed by atoms with Crippen molar-refractivity contribution in [2.24, 2.45) is 0 Å². The fourth-order valence-corrected chi connectivity index (χ4v) is 3.92. The molecule has 2 aromatic carbocycles. The van der Waals surface area contributed by atoms with Crippen LogP contribution in [0.15, 0.2) is 41.2 Å². The highest BCUT2D eigenvalue weighted by Gasteiger charge is 2.22. The summed E-state index contributed by atoms with van der Waals surface area (Å²) in [6, 6.07) is 10.2. The van der Waals surface area contributed by atoms with Crippen LogP contribution in [0.5, 0.6) is 11.5 Å². The molecular weight excluding hydrogens is 398 g/mol. The lowest BCUT2D eigenvalue weighted by Gasteiger charge is -2.30. The van der Waals surface area contributed by atoms with Crippen molar-refractivity contribution in [1.82, 2.24) is 9.55 Å². The molecule has 0 spiro atoms. The second-order valence-corrected chi connectivity index (χ2v) is 7.36. The lowest BCUT2D eigenvalue weighted by Crippen LogP contribution is -2.36. The predicted octanol–water partition coefficient (Wildman–Crippen LogP) is 3.18. The van der Waals surface area contributed by atoms with E-state index in [0.29, 0.717) is 39.6 Å². The van der Waals surface area contributed by atoms with Crippen LogP contribution < -0.4 is 19.9 Å². The Morgan fingerprint density at radius 3 is 2.35 bits per heavy atom. The molecule has 1 saturated heterocycles. The van der Waals surface area contributed by atoms with Crippen LogP contribution in [0.1, 0.15) is 29.6 Å². The van der Waals surface area contributed by atoms with Gasteiger partial charge in [-0.25, -0.2) is 14.3 Å². The Morgan fingerprint density at radius 2 is 1.68 bits per heavy atom. The SMILES string of the molecule is COC(=O)c1ccc2c(=O)n(-c3ccc(OC)c(OC)c3)c(N3CCCCC3)nc2c1. The Balaban J connectivity index is 1.97. The number of hydrogen-bond donors (Lipinski definition) is 0. The van der Waals surface area contributed by atoms with Crippen molar-refractivity contribution in [3.63, 3.8) is 0 Å². The van der Waals surface area contributed by atoms with E-state index in [1.807, 2.05) is 6.07 Å². The van der Waals surface area contributed by atoms with Gasteiger partial charge in [-0.15, -0.1) is 0 Å². The van der Waals surface area contributed by atoms with E-state index in [1.165, 1.54) is 7.11 Å². The van der Waals surface area contributed by atoms with E-state index in [1.54, 1.807) is 49.1 Å². The summed E-state index contributed by atoms with van der Waals surface area (Å²) in [6.45, 7) is 1.61. The molecule has 0 atom stereocenters. The van der Waals surface area contributed by atoms with E-state index < -0.39 is 5.97 Å². The van der Waals surface area contributed by atoms with Gasteiger partial charge in [0.05, 0.1) is 43.5 Å². The number of hydrogen-bond acceptors (Lipinski definition) is 7. The molecule has 0 N–H and O–H groups in total. The number of aromatic nitrogens is 2. The number of carbonyl (C=O) groups excluding carboxylic acids is 1. The molecule has 3 aromatic rings. The van der Waals surface area contributed by atoms with Crippen LogP contribution >= 0.6 is 0 Å². The van der Waals surface area contributed by atoms with Gasteiger partial charge in [0.2, 0.25) is 5.95 Å². The fourth-order valence-electron chi connectivity index (χ4n) is 3.92. The zero-order chi connectivity index (χ0) is 22.0. The van der Waals surface area contributed by atoms with Crippen molar-refractivity contribution in [1.29, 1.82) is 0 Å². The first-order valence-electron chi connectivity index (χ1n) is 10.2. The summed E-state index contributed by atoms with van der Waals surface area (Å²) in [6.07, 6.45) is 3.21. The molecule has 1 aromatic heterocycles. The summed E-state index contributed by atoms with van der Waals surface area (Å²) in [4.78, 5) is 32.5. The van der Waals surface area contributed by atoms with Gasteiger partial charge in [0.25, 0.3) is 5.56 Å². The van der Waals surface area contributed by atoms with Crippen LogP contribution in [0.3, 0.4) is 0 Å². The summed E-state index contributed by atoms with van der Waals surface area (Å²) in [5, 5.41) is 0.420. The molecule has 8 heteroatoms. The Hall–Kier alpha value is -3.55. The van der Waals surface area contributed by atoms with Crippen molar-refractivity contribution < 1.29 is 19.0 Å². The van der Waals surface area contributed by atoms with Crippen LogP contribution in [-0.4, -0.2) is 49.9 Å². The zero-order valence-electron chi connectivity index (χ0n) is 17.9. The number of nitrogens with zero attached hydrogens (tertiary/aromatic N) is 3. The first kappa shape index (κ1) is 20.7. The summed E-state index contributed by atoms with van der Waals surface area (Å²) >= 11 is 0. The molecule has 1 fully saturated rings. The lowest BCUT2D eigenvalue weighted by atomic mass is 10.1. The molecule has 162 valence electrons. The van der Waals surface area contributed by atoms with E-state index in [2.05, 4.69) is 4.90 Å². The Kier molecular flexibility index (Phi) is 5.79. The summed E-state index contributed by atoms with van der Waals surface area (Å²) < 4.78 is 17.2. The van der Waals surface area contributed by atoms with Crippen LogP contribution in [0, 0.1) is 0 Å². The van der Waals surface area contributed by atoms with Gasteiger partial charge in [-0.1, -0.05) is 0 Å². The number of fused-ring (bicyclic) bond motifs is 1. The lowest BCUT2D eigenvalue weighted by molar-refractivity contribution is 0.0601. The van der Waals surface area contributed by atoms with E-state index in [9.17, 15) is 9.59 Å². The van der Waals surface area contributed by atoms with E-state index >= 15 is 0 Å². The van der Waals surface area contributed by atoms with Gasteiger partial charge in [0, 0.05) is 19.2 Å². The Morgan fingerprint density at radius 1 is 0.935 bits per heavy atom. The number of esters is 1. The number of anilines is 1.